The number of carbonyl (C=O) groups is 4. The summed E-state index contributed by atoms with van der Waals surface area (Å²) in [5.74, 6) is -0.00829. The SMILES string of the molecule is CC(C)[SH+]c1[nH]c2c(CN3CCN(C(=O)CCCCCNC(=O)CCCCCN4C(=O)C=CC4=O)CC3)c(O)ccc2c1CC(C)(C)C.[OH-]. The minimum absolute atomic E-state index is 0. The van der Waals surface area contributed by atoms with Crippen LogP contribution in [0.5, 0.6) is 5.75 Å². The van der Waals surface area contributed by atoms with Gasteiger partial charge in [-0.2, -0.15) is 0 Å². The summed E-state index contributed by atoms with van der Waals surface area (Å²) in [6, 6.07) is 3.90. The number of aromatic nitrogens is 1. The zero-order chi connectivity index (χ0) is 34.8. The number of piperazine rings is 1. The van der Waals surface area contributed by atoms with E-state index in [0.29, 0.717) is 63.0 Å². The average Bonchev–Trinajstić information content (AvgIpc) is 3.52. The van der Waals surface area contributed by atoms with Gasteiger partial charge in [0.05, 0.1) is 5.52 Å². The summed E-state index contributed by atoms with van der Waals surface area (Å²) in [6.45, 7) is 15.8. The molecule has 11 nitrogen and oxygen atoms in total. The van der Waals surface area contributed by atoms with Crippen molar-refractivity contribution in [3.05, 3.63) is 35.4 Å². The van der Waals surface area contributed by atoms with Crippen LogP contribution in [0.2, 0.25) is 0 Å². The lowest BCUT2D eigenvalue weighted by Gasteiger charge is -2.35. The van der Waals surface area contributed by atoms with E-state index in [1.807, 2.05) is 11.0 Å². The highest BCUT2D eigenvalue weighted by Gasteiger charge is 2.28. The van der Waals surface area contributed by atoms with E-state index in [2.05, 4.69) is 55.9 Å². The Labute approximate surface area is 295 Å². The molecule has 0 atom stereocenters. The van der Waals surface area contributed by atoms with Gasteiger partial charge >= 0.3 is 0 Å². The second kappa shape index (κ2) is 18.6. The van der Waals surface area contributed by atoms with Crippen LogP contribution in [-0.4, -0.2) is 98.4 Å². The molecule has 1 aromatic carbocycles. The molecule has 0 radical (unpaired) electrons. The maximum absolute atomic E-state index is 12.9. The number of unbranched alkanes of at least 4 members (excludes halogenated alkanes) is 4. The smallest absolute Gasteiger partial charge is 0.253 e. The van der Waals surface area contributed by atoms with Crippen LogP contribution in [0.1, 0.15) is 97.1 Å². The van der Waals surface area contributed by atoms with Crippen LogP contribution in [0.4, 0.5) is 0 Å². The molecule has 2 aromatic rings. The Morgan fingerprint density at radius 1 is 0.918 bits per heavy atom. The molecule has 1 saturated heterocycles. The van der Waals surface area contributed by atoms with Crippen molar-refractivity contribution in [3.63, 3.8) is 0 Å². The number of H-pyrrole nitrogens is 1. The Hall–Kier alpha value is -3.35. The summed E-state index contributed by atoms with van der Waals surface area (Å²) in [7, 11) is 0. The van der Waals surface area contributed by atoms with E-state index >= 15 is 0 Å². The predicted octanol–water partition coefficient (Wildman–Crippen LogP) is 4.67. The Balaban J connectivity index is 0.00000650. The number of nitrogens with one attached hydrogen (secondary N) is 2. The minimum atomic E-state index is -0.262. The van der Waals surface area contributed by atoms with Crippen LogP contribution >= 0.6 is 0 Å². The number of fused-ring (bicyclic) bond motifs is 1. The van der Waals surface area contributed by atoms with Crippen LogP contribution in [0.25, 0.3) is 10.9 Å². The van der Waals surface area contributed by atoms with Gasteiger partial charge in [-0.3, -0.25) is 29.0 Å². The van der Waals surface area contributed by atoms with Crippen molar-refractivity contribution in [1.82, 2.24) is 25.0 Å². The van der Waals surface area contributed by atoms with E-state index in [4.69, 9.17) is 0 Å². The summed E-state index contributed by atoms with van der Waals surface area (Å²) in [5, 5.41) is 16.8. The Morgan fingerprint density at radius 2 is 1.57 bits per heavy atom. The van der Waals surface area contributed by atoms with Crippen molar-refractivity contribution in [1.29, 1.82) is 0 Å². The highest BCUT2D eigenvalue weighted by atomic mass is 32.2. The maximum Gasteiger partial charge on any atom is 0.253 e. The lowest BCUT2D eigenvalue weighted by Crippen LogP contribution is -2.48. The number of amides is 4. The van der Waals surface area contributed by atoms with Crippen LogP contribution in [0, 0.1) is 5.41 Å². The third-order valence-electron chi connectivity index (χ3n) is 8.92. The molecule has 1 fully saturated rings. The summed E-state index contributed by atoms with van der Waals surface area (Å²) >= 11 is 1.27. The number of aromatic hydroxyl groups is 1. The molecule has 3 heterocycles. The number of rotatable bonds is 17. The molecule has 0 aliphatic carbocycles. The quantitative estimate of drug-likeness (QED) is 0.0938. The second-order valence-electron chi connectivity index (χ2n) is 14.7. The van der Waals surface area contributed by atoms with Gasteiger partial charge in [0, 0.05) is 99.1 Å². The van der Waals surface area contributed by atoms with Crippen LogP contribution in [0.3, 0.4) is 0 Å². The number of phenols is 1. The number of aromatic amines is 1. The lowest BCUT2D eigenvalue weighted by atomic mass is 9.88. The number of benzene rings is 1. The molecule has 2 aliphatic rings. The fraction of sp³-hybridized carbons (Fsp3) is 0.622. The standard InChI is InChI=1S/C37H55N5O5S.H2O/c1-26(2)48-36-28(24-37(3,4)5)27-14-15-30(43)29(35(27)39-36)25-40-20-22-41(23-21-40)32(45)13-9-6-10-18-38-31(44)12-8-7-11-19-42-33(46)16-17-34(42)47;/h14-17,26,39,43H,6-13,18-25H2,1-5H3,(H,38,44);1H2. The first-order chi connectivity index (χ1) is 22.8. The first-order valence-corrected chi connectivity index (χ1v) is 18.7. The number of hydrogen-bond acceptors (Lipinski definition) is 7. The minimum Gasteiger partial charge on any atom is -0.870 e. The van der Waals surface area contributed by atoms with E-state index in [-0.39, 0.29) is 34.5 Å². The van der Waals surface area contributed by atoms with Gasteiger partial charge in [-0.15, -0.1) is 0 Å². The monoisotopic (exact) mass is 699 g/mol. The van der Waals surface area contributed by atoms with Gasteiger partial charge in [-0.1, -0.05) is 33.6 Å². The van der Waals surface area contributed by atoms with Crippen molar-refractivity contribution in [3.8, 4) is 5.75 Å². The Kier molecular flexibility index (Phi) is 15.2. The summed E-state index contributed by atoms with van der Waals surface area (Å²) in [6.07, 6.45) is 9.21. The first kappa shape index (κ1) is 40.1. The van der Waals surface area contributed by atoms with Gasteiger partial charge in [-0.25, -0.2) is 0 Å². The molecule has 0 bridgehead atoms. The van der Waals surface area contributed by atoms with E-state index in [1.54, 1.807) is 0 Å². The van der Waals surface area contributed by atoms with Gasteiger partial charge in [-0.05, 0) is 63.5 Å². The van der Waals surface area contributed by atoms with E-state index in [0.717, 1.165) is 62.7 Å². The largest absolute Gasteiger partial charge is 0.870 e. The van der Waals surface area contributed by atoms with Crippen molar-refractivity contribution in [2.45, 2.75) is 109 Å². The molecule has 4 rings (SSSR count). The third-order valence-corrected chi connectivity index (χ3v) is 10.1. The molecular weight excluding hydrogens is 643 g/mol. The molecule has 272 valence electrons. The molecule has 0 unspecified atom stereocenters. The molecule has 4 N–H and O–H groups in total. The molecule has 0 spiro atoms. The number of carbonyl (C=O) groups excluding carboxylic acids is 4. The number of phenolic OH excluding ortho intramolecular Hbond substituents is 1. The molecule has 12 heteroatoms. The third kappa shape index (κ3) is 11.9. The van der Waals surface area contributed by atoms with Crippen molar-refractivity contribution >= 4 is 46.3 Å². The van der Waals surface area contributed by atoms with E-state index in [1.165, 1.54) is 44.8 Å². The van der Waals surface area contributed by atoms with Gasteiger partial charge in [0.25, 0.3) is 11.8 Å². The highest BCUT2D eigenvalue weighted by molar-refractivity contribution is 7.79. The Bertz CT molecular complexity index is 1450. The van der Waals surface area contributed by atoms with Gasteiger partial charge in [0.2, 0.25) is 16.8 Å². The number of nitrogens with zero attached hydrogens (tertiary/aromatic N) is 3. The van der Waals surface area contributed by atoms with Crippen molar-refractivity contribution in [2.75, 3.05) is 39.3 Å². The zero-order valence-electron chi connectivity index (χ0n) is 30.0. The van der Waals surface area contributed by atoms with Gasteiger partial charge in [0.15, 0.2) is 0 Å². The Morgan fingerprint density at radius 3 is 2.22 bits per heavy atom. The van der Waals surface area contributed by atoms with Crippen molar-refractivity contribution < 1.29 is 29.8 Å². The fourth-order valence-corrected chi connectivity index (χ4v) is 7.45. The van der Waals surface area contributed by atoms with Gasteiger partial charge in [0.1, 0.15) is 11.0 Å². The summed E-state index contributed by atoms with van der Waals surface area (Å²) in [4.78, 5) is 57.4. The number of hydrogen-bond donors (Lipinski definition) is 3. The van der Waals surface area contributed by atoms with Crippen LogP contribution in [-0.2, 0) is 43.9 Å². The maximum atomic E-state index is 12.9. The van der Waals surface area contributed by atoms with Crippen molar-refractivity contribution in [2.24, 2.45) is 5.41 Å². The fourth-order valence-electron chi connectivity index (χ4n) is 6.41. The molecule has 1 aromatic heterocycles. The molecule has 49 heavy (non-hydrogen) atoms. The number of imide groups is 1. The normalized spacial score (nSPS) is 15.5. The molecule has 0 saturated carbocycles. The summed E-state index contributed by atoms with van der Waals surface area (Å²) in [5.41, 5.74) is 3.47. The zero-order valence-corrected chi connectivity index (χ0v) is 30.9. The first-order valence-electron chi connectivity index (χ1n) is 17.7. The number of thiol groups is 1. The second-order valence-corrected chi connectivity index (χ2v) is 16.4. The van der Waals surface area contributed by atoms with Crippen LogP contribution < -0.4 is 5.32 Å². The molecular formula is C37H57N5O6S. The molecule has 2 aliphatic heterocycles. The van der Waals surface area contributed by atoms with Crippen LogP contribution in [0.15, 0.2) is 29.3 Å². The van der Waals surface area contributed by atoms with E-state index < -0.39 is 0 Å². The van der Waals surface area contributed by atoms with E-state index in [9.17, 15) is 24.3 Å². The lowest BCUT2D eigenvalue weighted by molar-refractivity contribution is -0.137. The average molecular weight is 700 g/mol. The predicted molar refractivity (Wildman–Crippen MR) is 195 cm³/mol. The summed E-state index contributed by atoms with van der Waals surface area (Å²) < 4.78 is 0. The van der Waals surface area contributed by atoms with Gasteiger partial charge < -0.3 is 25.8 Å². The molecule has 4 amide bonds. The highest BCUT2D eigenvalue weighted by Crippen LogP contribution is 2.36. The topological polar surface area (TPSA) is 156 Å².